The van der Waals surface area contributed by atoms with Gasteiger partial charge < -0.3 is 20.4 Å². The van der Waals surface area contributed by atoms with Crippen LogP contribution >= 0.6 is 0 Å². The number of hydrogen-bond donors (Lipinski definition) is 2. The lowest BCUT2D eigenvalue weighted by Crippen LogP contribution is -2.45. The number of imide groups is 1. The summed E-state index contributed by atoms with van der Waals surface area (Å²) in [6, 6.07) is 6.59. The van der Waals surface area contributed by atoms with Crippen molar-refractivity contribution < 1.29 is 29.0 Å². The molecule has 8 heteroatoms. The molecule has 0 unspecified atom stereocenters. The van der Waals surface area contributed by atoms with Gasteiger partial charge in [0.1, 0.15) is 18.9 Å². The number of aldehydes is 1. The van der Waals surface area contributed by atoms with E-state index in [9.17, 15) is 19.2 Å². The molecule has 1 aromatic rings. The summed E-state index contributed by atoms with van der Waals surface area (Å²) in [5.41, 5.74) is 6.06. The molecule has 0 radical (unpaired) electrons. The summed E-state index contributed by atoms with van der Waals surface area (Å²) in [6.45, 7) is 1.31. The maximum atomic E-state index is 12.1. The third kappa shape index (κ3) is 5.81. The number of hydrogen-bond acceptors (Lipinski definition) is 6. The van der Waals surface area contributed by atoms with Gasteiger partial charge in [-0.05, 0) is 18.9 Å². The number of nitrogens with two attached hydrogens (primary N) is 1. The number of carbonyl (C=O) groups excluding carboxylic acids is 3. The zero-order valence-electron chi connectivity index (χ0n) is 13.3. The van der Waals surface area contributed by atoms with Gasteiger partial charge in [0, 0.05) is 6.42 Å². The van der Waals surface area contributed by atoms with Crippen molar-refractivity contribution in [3.05, 3.63) is 35.9 Å². The van der Waals surface area contributed by atoms with E-state index in [1.54, 1.807) is 30.3 Å². The standard InChI is InChI=1S/C16H20N2O6/c1-11(9-19)18(14(20)8-7-13(17)15(21)22)16(23)24-10-12-5-3-2-4-6-12/h2-6,9,11,13H,7-8,10,17H2,1H3,(H,21,22)/t11-,13-/m0/s1. The van der Waals surface area contributed by atoms with Crippen molar-refractivity contribution in [1.82, 2.24) is 4.90 Å². The average Bonchev–Trinajstić information content (AvgIpc) is 2.58. The first-order valence-electron chi connectivity index (χ1n) is 7.33. The highest BCUT2D eigenvalue weighted by Gasteiger charge is 2.28. The molecule has 0 heterocycles. The lowest BCUT2D eigenvalue weighted by molar-refractivity contribution is -0.139. The van der Waals surface area contributed by atoms with Crippen LogP contribution in [0.3, 0.4) is 0 Å². The Labute approximate surface area is 139 Å². The smallest absolute Gasteiger partial charge is 0.417 e. The van der Waals surface area contributed by atoms with E-state index in [1.807, 2.05) is 0 Å². The summed E-state index contributed by atoms with van der Waals surface area (Å²) in [5, 5.41) is 8.71. The van der Waals surface area contributed by atoms with Crippen LogP contribution in [0.25, 0.3) is 0 Å². The first-order valence-corrected chi connectivity index (χ1v) is 7.33. The van der Waals surface area contributed by atoms with Gasteiger partial charge in [0.15, 0.2) is 0 Å². The lowest BCUT2D eigenvalue weighted by Gasteiger charge is -2.23. The number of ether oxygens (including phenoxy) is 1. The highest BCUT2D eigenvalue weighted by atomic mass is 16.6. The first-order chi connectivity index (χ1) is 11.4. The number of carbonyl (C=O) groups is 4. The highest BCUT2D eigenvalue weighted by molar-refractivity contribution is 5.94. The maximum Gasteiger partial charge on any atom is 0.417 e. The summed E-state index contributed by atoms with van der Waals surface area (Å²) in [6.07, 6.45) is -0.972. The molecule has 1 rings (SSSR count). The van der Waals surface area contributed by atoms with Gasteiger partial charge in [0.05, 0.1) is 6.04 Å². The molecule has 3 N–H and O–H groups in total. The van der Waals surface area contributed by atoms with Crippen molar-refractivity contribution >= 4 is 24.3 Å². The Hall–Kier alpha value is -2.74. The number of rotatable bonds is 8. The summed E-state index contributed by atoms with van der Waals surface area (Å²) in [7, 11) is 0. The topological polar surface area (TPSA) is 127 Å². The number of benzene rings is 1. The molecule has 8 nitrogen and oxygen atoms in total. The largest absolute Gasteiger partial charge is 0.480 e. The minimum absolute atomic E-state index is 0.0519. The Morgan fingerprint density at radius 1 is 1.29 bits per heavy atom. The third-order valence-corrected chi connectivity index (χ3v) is 3.26. The number of amides is 2. The van der Waals surface area contributed by atoms with E-state index in [0.29, 0.717) is 11.2 Å². The molecule has 0 saturated heterocycles. The predicted molar refractivity (Wildman–Crippen MR) is 83.8 cm³/mol. The molecule has 2 atom stereocenters. The molecule has 130 valence electrons. The van der Waals surface area contributed by atoms with Crippen LogP contribution in [0, 0.1) is 0 Å². The fraction of sp³-hybridized carbons (Fsp3) is 0.375. The van der Waals surface area contributed by atoms with Gasteiger partial charge in [-0.2, -0.15) is 0 Å². The molecule has 24 heavy (non-hydrogen) atoms. The van der Waals surface area contributed by atoms with E-state index in [4.69, 9.17) is 15.6 Å². The van der Waals surface area contributed by atoms with Gasteiger partial charge in [0.25, 0.3) is 0 Å². The van der Waals surface area contributed by atoms with Crippen molar-refractivity contribution in [1.29, 1.82) is 0 Å². The quantitative estimate of drug-likeness (QED) is 0.676. The van der Waals surface area contributed by atoms with E-state index in [2.05, 4.69) is 0 Å². The van der Waals surface area contributed by atoms with E-state index in [-0.39, 0.29) is 19.4 Å². The molecule has 0 fully saturated rings. The van der Waals surface area contributed by atoms with Crippen LogP contribution in [0.2, 0.25) is 0 Å². The molecule has 0 aliphatic heterocycles. The molecule has 0 spiro atoms. The molecular formula is C16H20N2O6. The summed E-state index contributed by atoms with van der Waals surface area (Å²) in [4.78, 5) is 46.5. The van der Waals surface area contributed by atoms with E-state index < -0.39 is 30.1 Å². The number of aliphatic carboxylic acids is 1. The Morgan fingerprint density at radius 2 is 1.92 bits per heavy atom. The van der Waals surface area contributed by atoms with E-state index >= 15 is 0 Å². The van der Waals surface area contributed by atoms with Crippen molar-refractivity contribution in [2.24, 2.45) is 5.73 Å². The fourth-order valence-electron chi connectivity index (χ4n) is 1.87. The lowest BCUT2D eigenvalue weighted by atomic mass is 10.1. The van der Waals surface area contributed by atoms with Crippen LogP contribution in [0.4, 0.5) is 4.79 Å². The Kier molecular flexibility index (Phi) is 7.57. The van der Waals surface area contributed by atoms with Crippen LogP contribution in [0.1, 0.15) is 25.3 Å². The summed E-state index contributed by atoms with van der Waals surface area (Å²) in [5.74, 6) is -1.96. The number of carboxylic acid groups (broad SMARTS) is 1. The van der Waals surface area contributed by atoms with Crippen molar-refractivity contribution in [2.75, 3.05) is 0 Å². The zero-order chi connectivity index (χ0) is 18.1. The van der Waals surface area contributed by atoms with Crippen molar-refractivity contribution in [3.63, 3.8) is 0 Å². The SMILES string of the molecule is C[C@@H](C=O)N(C(=O)CC[C@H](N)C(=O)O)C(=O)OCc1ccccc1. The molecule has 1 aromatic carbocycles. The van der Waals surface area contributed by atoms with Gasteiger partial charge in [-0.25, -0.2) is 9.69 Å². The summed E-state index contributed by atoms with van der Waals surface area (Å²) < 4.78 is 5.05. The minimum Gasteiger partial charge on any atom is -0.480 e. The molecule has 2 amide bonds. The zero-order valence-corrected chi connectivity index (χ0v) is 13.3. The second kappa shape index (κ2) is 9.41. The first kappa shape index (κ1) is 19.3. The fourth-order valence-corrected chi connectivity index (χ4v) is 1.87. The number of nitrogens with zero attached hydrogens (tertiary/aromatic N) is 1. The van der Waals surface area contributed by atoms with Crippen LogP contribution in [-0.4, -0.2) is 46.3 Å². The molecule has 0 aromatic heterocycles. The monoisotopic (exact) mass is 336 g/mol. The van der Waals surface area contributed by atoms with E-state index in [1.165, 1.54) is 6.92 Å². The van der Waals surface area contributed by atoms with Crippen LogP contribution < -0.4 is 5.73 Å². The molecular weight excluding hydrogens is 316 g/mol. The van der Waals surface area contributed by atoms with E-state index in [0.717, 1.165) is 5.56 Å². The number of carboxylic acids is 1. The average molecular weight is 336 g/mol. The van der Waals surface area contributed by atoms with Crippen LogP contribution in [-0.2, 0) is 25.7 Å². The van der Waals surface area contributed by atoms with Crippen molar-refractivity contribution in [2.45, 2.75) is 38.5 Å². The molecule has 0 bridgehead atoms. The summed E-state index contributed by atoms with van der Waals surface area (Å²) >= 11 is 0. The van der Waals surface area contributed by atoms with Gasteiger partial charge in [-0.3, -0.25) is 9.59 Å². The van der Waals surface area contributed by atoms with Crippen LogP contribution in [0.5, 0.6) is 0 Å². The third-order valence-electron chi connectivity index (χ3n) is 3.26. The molecule has 0 saturated carbocycles. The minimum atomic E-state index is -1.25. The maximum absolute atomic E-state index is 12.1. The Bertz CT molecular complexity index is 589. The van der Waals surface area contributed by atoms with Gasteiger partial charge in [-0.1, -0.05) is 30.3 Å². The second-order valence-corrected chi connectivity index (χ2v) is 5.16. The normalized spacial score (nSPS) is 12.8. The van der Waals surface area contributed by atoms with Gasteiger partial charge >= 0.3 is 12.1 Å². The highest BCUT2D eigenvalue weighted by Crippen LogP contribution is 2.09. The van der Waals surface area contributed by atoms with Gasteiger partial charge in [-0.15, -0.1) is 0 Å². The second-order valence-electron chi connectivity index (χ2n) is 5.16. The van der Waals surface area contributed by atoms with Gasteiger partial charge in [0.2, 0.25) is 5.91 Å². The predicted octanol–water partition coefficient (Wildman–Crippen LogP) is 0.931. The Balaban J connectivity index is 2.69. The van der Waals surface area contributed by atoms with Crippen molar-refractivity contribution in [3.8, 4) is 0 Å². The molecule has 0 aliphatic carbocycles. The Morgan fingerprint density at radius 3 is 2.46 bits per heavy atom. The molecule has 0 aliphatic rings. The van der Waals surface area contributed by atoms with Crippen LogP contribution in [0.15, 0.2) is 30.3 Å².